The van der Waals surface area contributed by atoms with Gasteiger partial charge in [-0.2, -0.15) is 0 Å². The fourth-order valence-corrected chi connectivity index (χ4v) is 4.10. The highest BCUT2D eigenvalue weighted by Gasteiger charge is 2.23. The van der Waals surface area contributed by atoms with E-state index >= 15 is 0 Å². The van der Waals surface area contributed by atoms with Crippen molar-refractivity contribution in [3.63, 3.8) is 0 Å². The van der Waals surface area contributed by atoms with Crippen LogP contribution in [0.1, 0.15) is 29.8 Å². The number of anilines is 1. The zero-order valence-electron chi connectivity index (χ0n) is 18.6. The minimum absolute atomic E-state index is 0.235. The number of thiophene rings is 1. The number of allylic oxidation sites excluding steroid dienone is 1. The molecular weight excluding hydrogens is 436 g/mol. The molecular formula is C26H26N2O4S. The minimum atomic E-state index is -0.666. The maximum absolute atomic E-state index is 13.0. The summed E-state index contributed by atoms with van der Waals surface area (Å²) in [6, 6.07) is 19.1. The predicted molar refractivity (Wildman–Crippen MR) is 131 cm³/mol. The third-order valence-electron chi connectivity index (χ3n) is 4.65. The van der Waals surface area contributed by atoms with Crippen molar-refractivity contribution in [3.05, 3.63) is 88.8 Å². The Bertz CT molecular complexity index is 1130. The van der Waals surface area contributed by atoms with Crippen molar-refractivity contribution in [2.24, 2.45) is 0 Å². The number of rotatable bonds is 9. The number of carbonyl (C=O) groups is 3. The van der Waals surface area contributed by atoms with E-state index in [0.717, 1.165) is 16.7 Å². The average molecular weight is 463 g/mol. The van der Waals surface area contributed by atoms with Gasteiger partial charge < -0.3 is 15.4 Å². The lowest BCUT2D eigenvalue weighted by molar-refractivity contribution is -0.124. The van der Waals surface area contributed by atoms with Gasteiger partial charge in [0.15, 0.2) is 6.61 Å². The SMILES string of the molecule is CC(C)=CC(=O)Nc1scc(-c2ccccc2)c1C(=O)OCC(=O)NCCc1ccccc1. The summed E-state index contributed by atoms with van der Waals surface area (Å²) in [6.07, 6.45) is 2.14. The maximum Gasteiger partial charge on any atom is 0.342 e. The summed E-state index contributed by atoms with van der Waals surface area (Å²) in [5, 5.41) is 7.69. The second-order valence-electron chi connectivity index (χ2n) is 7.59. The van der Waals surface area contributed by atoms with Crippen LogP contribution in [0, 0.1) is 0 Å². The Balaban J connectivity index is 1.68. The van der Waals surface area contributed by atoms with Crippen molar-refractivity contribution >= 4 is 34.1 Å². The molecule has 0 aliphatic heterocycles. The van der Waals surface area contributed by atoms with Crippen LogP contribution in [-0.2, 0) is 20.7 Å². The summed E-state index contributed by atoms with van der Waals surface area (Å²) in [6.45, 7) is 3.67. The first-order valence-electron chi connectivity index (χ1n) is 10.5. The molecule has 170 valence electrons. The number of carbonyl (C=O) groups excluding carboxylic acids is 3. The topological polar surface area (TPSA) is 84.5 Å². The van der Waals surface area contributed by atoms with Crippen molar-refractivity contribution < 1.29 is 19.1 Å². The van der Waals surface area contributed by atoms with Gasteiger partial charge in [0.1, 0.15) is 10.6 Å². The molecule has 2 amide bonds. The van der Waals surface area contributed by atoms with Crippen LogP contribution in [0.15, 0.2) is 77.7 Å². The molecule has 0 radical (unpaired) electrons. The van der Waals surface area contributed by atoms with Crippen LogP contribution in [0.3, 0.4) is 0 Å². The Labute approximate surface area is 197 Å². The zero-order valence-corrected chi connectivity index (χ0v) is 19.4. The van der Waals surface area contributed by atoms with E-state index in [1.54, 1.807) is 5.38 Å². The number of hydrogen-bond donors (Lipinski definition) is 2. The van der Waals surface area contributed by atoms with E-state index in [1.807, 2.05) is 74.5 Å². The van der Waals surface area contributed by atoms with Crippen LogP contribution in [0.25, 0.3) is 11.1 Å². The van der Waals surface area contributed by atoms with Gasteiger partial charge in [0.25, 0.3) is 5.91 Å². The van der Waals surface area contributed by atoms with Crippen molar-refractivity contribution in [2.45, 2.75) is 20.3 Å². The molecule has 0 aliphatic carbocycles. The van der Waals surface area contributed by atoms with E-state index in [-0.39, 0.29) is 17.4 Å². The smallest absolute Gasteiger partial charge is 0.342 e. The summed E-state index contributed by atoms with van der Waals surface area (Å²) in [7, 11) is 0. The molecule has 0 unspecified atom stereocenters. The molecule has 1 aromatic heterocycles. The number of nitrogens with one attached hydrogen (secondary N) is 2. The van der Waals surface area contributed by atoms with Gasteiger partial charge >= 0.3 is 5.97 Å². The standard InChI is InChI=1S/C26H26N2O4S/c1-18(2)15-22(29)28-25-24(21(17-33-25)20-11-7-4-8-12-20)26(31)32-16-23(30)27-14-13-19-9-5-3-6-10-19/h3-12,15,17H,13-14,16H2,1-2H3,(H,27,30)(H,28,29). The number of esters is 1. The number of amides is 2. The van der Waals surface area contributed by atoms with Gasteiger partial charge in [0.05, 0.1) is 0 Å². The molecule has 0 fully saturated rings. The Hall–Kier alpha value is -3.71. The number of hydrogen-bond acceptors (Lipinski definition) is 5. The van der Waals surface area contributed by atoms with Crippen molar-refractivity contribution in [1.82, 2.24) is 5.32 Å². The van der Waals surface area contributed by atoms with E-state index in [1.165, 1.54) is 17.4 Å². The Morgan fingerprint density at radius 1 is 0.970 bits per heavy atom. The molecule has 3 rings (SSSR count). The summed E-state index contributed by atoms with van der Waals surface area (Å²) < 4.78 is 5.31. The van der Waals surface area contributed by atoms with E-state index in [4.69, 9.17) is 4.74 Å². The van der Waals surface area contributed by atoms with Crippen LogP contribution < -0.4 is 10.6 Å². The highest BCUT2D eigenvalue weighted by Crippen LogP contribution is 2.36. The maximum atomic E-state index is 13.0. The van der Waals surface area contributed by atoms with Gasteiger partial charge in [0.2, 0.25) is 5.91 Å². The van der Waals surface area contributed by atoms with Crippen molar-refractivity contribution in [1.29, 1.82) is 0 Å². The van der Waals surface area contributed by atoms with E-state index in [2.05, 4.69) is 10.6 Å². The molecule has 0 saturated carbocycles. The van der Waals surface area contributed by atoms with Crippen LogP contribution in [-0.4, -0.2) is 30.9 Å². The first kappa shape index (κ1) is 23.9. The molecule has 7 heteroatoms. The zero-order chi connectivity index (χ0) is 23.6. The van der Waals surface area contributed by atoms with Gasteiger partial charge in [-0.15, -0.1) is 11.3 Å². The van der Waals surface area contributed by atoms with Crippen LogP contribution in [0.4, 0.5) is 5.00 Å². The lowest BCUT2D eigenvalue weighted by Gasteiger charge is -2.10. The monoisotopic (exact) mass is 462 g/mol. The molecule has 2 aromatic carbocycles. The molecule has 0 atom stereocenters. The van der Waals surface area contributed by atoms with Crippen LogP contribution >= 0.6 is 11.3 Å². The molecule has 2 N–H and O–H groups in total. The van der Waals surface area contributed by atoms with E-state index < -0.39 is 12.6 Å². The molecule has 0 aliphatic rings. The fourth-order valence-electron chi connectivity index (χ4n) is 3.14. The van der Waals surface area contributed by atoms with Crippen molar-refractivity contribution in [2.75, 3.05) is 18.5 Å². The van der Waals surface area contributed by atoms with Gasteiger partial charge in [-0.05, 0) is 31.4 Å². The molecule has 0 spiro atoms. The lowest BCUT2D eigenvalue weighted by atomic mass is 10.0. The average Bonchev–Trinajstić information content (AvgIpc) is 3.21. The summed E-state index contributed by atoms with van der Waals surface area (Å²) in [5.41, 5.74) is 3.64. The summed E-state index contributed by atoms with van der Waals surface area (Å²) in [5.74, 6) is -1.38. The Morgan fingerprint density at radius 2 is 1.64 bits per heavy atom. The fraction of sp³-hybridized carbons (Fsp3) is 0.192. The third-order valence-corrected chi connectivity index (χ3v) is 5.54. The quantitative estimate of drug-likeness (QED) is 0.352. The van der Waals surface area contributed by atoms with Crippen LogP contribution in [0.5, 0.6) is 0 Å². The Morgan fingerprint density at radius 3 is 2.30 bits per heavy atom. The van der Waals surface area contributed by atoms with Crippen LogP contribution in [0.2, 0.25) is 0 Å². The number of ether oxygens (including phenoxy) is 1. The Kier molecular flexibility index (Phi) is 8.55. The summed E-state index contributed by atoms with van der Waals surface area (Å²) >= 11 is 1.24. The van der Waals surface area contributed by atoms with E-state index in [9.17, 15) is 14.4 Å². The van der Waals surface area contributed by atoms with Gasteiger partial charge in [0, 0.05) is 23.6 Å². The molecule has 1 heterocycles. The van der Waals surface area contributed by atoms with Gasteiger partial charge in [-0.25, -0.2) is 4.79 Å². The molecule has 6 nitrogen and oxygen atoms in total. The van der Waals surface area contributed by atoms with Crippen molar-refractivity contribution in [3.8, 4) is 11.1 Å². The van der Waals surface area contributed by atoms with E-state index in [0.29, 0.717) is 23.5 Å². The first-order valence-corrected chi connectivity index (χ1v) is 11.4. The van der Waals surface area contributed by atoms with Gasteiger partial charge in [-0.1, -0.05) is 66.2 Å². The van der Waals surface area contributed by atoms with Gasteiger partial charge in [-0.3, -0.25) is 9.59 Å². The highest BCUT2D eigenvalue weighted by molar-refractivity contribution is 7.15. The molecule has 0 saturated heterocycles. The lowest BCUT2D eigenvalue weighted by Crippen LogP contribution is -2.30. The number of benzene rings is 2. The third kappa shape index (κ3) is 7.15. The largest absolute Gasteiger partial charge is 0.452 e. The minimum Gasteiger partial charge on any atom is -0.452 e. The molecule has 3 aromatic rings. The second kappa shape index (κ2) is 11.8. The molecule has 33 heavy (non-hydrogen) atoms. The normalized spacial score (nSPS) is 10.2. The molecule has 0 bridgehead atoms. The second-order valence-corrected chi connectivity index (χ2v) is 8.47. The first-order chi connectivity index (χ1) is 15.9. The summed E-state index contributed by atoms with van der Waals surface area (Å²) in [4.78, 5) is 37.4. The highest BCUT2D eigenvalue weighted by atomic mass is 32.1. The predicted octanol–water partition coefficient (Wildman–Crippen LogP) is 4.84.